The van der Waals surface area contributed by atoms with Crippen molar-refractivity contribution in [1.82, 2.24) is 15.1 Å². The van der Waals surface area contributed by atoms with E-state index in [2.05, 4.69) is 21.8 Å². The number of carbonyl (C=O) groups is 1. The number of nitrogens with zero attached hydrogens (tertiary/aromatic N) is 3. The van der Waals surface area contributed by atoms with E-state index in [4.69, 9.17) is 11.6 Å². The Kier molecular flexibility index (Phi) is 6.16. The average molecular weight is 391 g/mol. The van der Waals surface area contributed by atoms with E-state index < -0.39 is 0 Å². The van der Waals surface area contributed by atoms with Gasteiger partial charge in [0.2, 0.25) is 5.91 Å². The monoisotopic (exact) mass is 390 g/mol. The first-order chi connectivity index (χ1) is 12.6. The van der Waals surface area contributed by atoms with Gasteiger partial charge in [0.25, 0.3) is 0 Å². The van der Waals surface area contributed by atoms with Gasteiger partial charge in [0, 0.05) is 43.6 Å². The summed E-state index contributed by atoms with van der Waals surface area (Å²) in [5.41, 5.74) is 2.41. The summed E-state index contributed by atoms with van der Waals surface area (Å²) in [5, 5.41) is 6.00. The third-order valence-electron chi connectivity index (χ3n) is 4.46. The molecule has 0 spiro atoms. The van der Waals surface area contributed by atoms with Crippen molar-refractivity contribution in [3.8, 4) is 0 Å². The first-order valence-electron chi connectivity index (χ1n) is 8.56. The second kappa shape index (κ2) is 8.56. The molecule has 0 unspecified atom stereocenters. The van der Waals surface area contributed by atoms with Gasteiger partial charge in [0.1, 0.15) is 0 Å². The molecule has 0 atom stereocenters. The molecule has 1 N–H and O–H groups in total. The van der Waals surface area contributed by atoms with Crippen molar-refractivity contribution in [2.24, 2.45) is 4.99 Å². The molecule has 2 aromatic rings. The number of thiophene rings is 1. The van der Waals surface area contributed by atoms with Gasteiger partial charge in [-0.05, 0) is 41.1 Å². The summed E-state index contributed by atoms with van der Waals surface area (Å²) in [6.07, 6.45) is 0.948. The van der Waals surface area contributed by atoms with Crippen LogP contribution in [0, 0.1) is 0 Å². The Hall–Kier alpha value is -2.05. The number of fused-ring (bicyclic) bond motifs is 1. The fourth-order valence-electron chi connectivity index (χ4n) is 3.05. The molecule has 1 aromatic heterocycles. The number of carbonyl (C=O) groups excluding carboxylic acids is 1. The molecule has 3 rings (SSSR count). The van der Waals surface area contributed by atoms with Crippen LogP contribution in [0.5, 0.6) is 0 Å². The molecule has 1 aliphatic rings. The summed E-state index contributed by atoms with van der Waals surface area (Å²) in [5.74, 6) is 0.796. The molecule has 2 heterocycles. The minimum atomic E-state index is 0.0999. The van der Waals surface area contributed by atoms with Gasteiger partial charge < -0.3 is 15.1 Å². The van der Waals surface area contributed by atoms with Crippen molar-refractivity contribution in [2.75, 3.05) is 27.2 Å². The highest BCUT2D eigenvalue weighted by atomic mass is 35.5. The Labute approximate surface area is 163 Å². The smallest absolute Gasteiger partial charge is 0.242 e. The maximum absolute atomic E-state index is 12.5. The number of hydrogen-bond donors (Lipinski definition) is 1. The number of halogens is 1. The molecule has 0 fully saturated rings. The van der Waals surface area contributed by atoms with E-state index in [-0.39, 0.29) is 12.5 Å². The van der Waals surface area contributed by atoms with Crippen LogP contribution in [-0.4, -0.2) is 48.9 Å². The number of rotatable bonds is 4. The molecule has 0 bridgehead atoms. The van der Waals surface area contributed by atoms with Crippen LogP contribution in [-0.2, 0) is 24.3 Å². The number of guanidine groups is 1. The van der Waals surface area contributed by atoms with E-state index in [0.29, 0.717) is 19.0 Å². The van der Waals surface area contributed by atoms with E-state index >= 15 is 0 Å². The molecule has 0 saturated carbocycles. The van der Waals surface area contributed by atoms with Crippen LogP contribution in [0.15, 0.2) is 40.7 Å². The zero-order valence-electron chi connectivity index (χ0n) is 15.0. The normalized spacial score (nSPS) is 14.1. The van der Waals surface area contributed by atoms with Gasteiger partial charge in [-0.15, -0.1) is 11.3 Å². The molecule has 138 valence electrons. The van der Waals surface area contributed by atoms with Crippen LogP contribution in [0.2, 0.25) is 5.02 Å². The Morgan fingerprint density at radius 1 is 1.35 bits per heavy atom. The Balaban J connectivity index is 1.52. The summed E-state index contributed by atoms with van der Waals surface area (Å²) >= 11 is 7.71. The van der Waals surface area contributed by atoms with Gasteiger partial charge in [-0.3, -0.25) is 9.79 Å². The van der Waals surface area contributed by atoms with Crippen LogP contribution in [0.1, 0.15) is 16.0 Å². The molecule has 1 aromatic carbocycles. The Morgan fingerprint density at radius 2 is 2.12 bits per heavy atom. The minimum Gasteiger partial charge on any atom is -0.347 e. The molecule has 1 aliphatic heterocycles. The number of benzene rings is 1. The van der Waals surface area contributed by atoms with E-state index in [1.54, 1.807) is 18.4 Å². The lowest BCUT2D eigenvalue weighted by Gasteiger charge is -2.28. The summed E-state index contributed by atoms with van der Waals surface area (Å²) in [7, 11) is 3.68. The van der Waals surface area contributed by atoms with Crippen LogP contribution >= 0.6 is 22.9 Å². The molecule has 26 heavy (non-hydrogen) atoms. The van der Waals surface area contributed by atoms with E-state index in [1.165, 1.54) is 10.4 Å². The maximum Gasteiger partial charge on any atom is 0.242 e. The van der Waals surface area contributed by atoms with Gasteiger partial charge >= 0.3 is 0 Å². The van der Waals surface area contributed by atoms with Gasteiger partial charge in [-0.25, -0.2) is 0 Å². The number of aliphatic imine (C=N–C) groups is 1. The lowest BCUT2D eigenvalue weighted by molar-refractivity contribution is -0.130. The molecule has 5 nitrogen and oxygen atoms in total. The quantitative estimate of drug-likeness (QED) is 0.645. The first-order valence-corrected chi connectivity index (χ1v) is 9.82. The second-order valence-electron chi connectivity index (χ2n) is 6.32. The molecular formula is C19H23ClN4OS. The summed E-state index contributed by atoms with van der Waals surface area (Å²) < 4.78 is 0. The van der Waals surface area contributed by atoms with Crippen molar-refractivity contribution >= 4 is 34.8 Å². The predicted octanol–water partition coefficient (Wildman–Crippen LogP) is 2.99. The predicted molar refractivity (Wildman–Crippen MR) is 108 cm³/mol. The lowest BCUT2D eigenvalue weighted by Crippen LogP contribution is -2.46. The molecule has 7 heteroatoms. The Morgan fingerprint density at radius 3 is 2.85 bits per heavy atom. The highest BCUT2D eigenvalue weighted by Gasteiger charge is 2.21. The van der Waals surface area contributed by atoms with Crippen LogP contribution in [0.3, 0.4) is 0 Å². The highest BCUT2D eigenvalue weighted by Crippen LogP contribution is 2.23. The standard InChI is InChI=1S/C19H23ClN4OS/c1-21-19(23(2)12-14-3-5-16(20)6-4-14)22-11-18(25)24-9-7-17-15(13-24)8-10-26-17/h3-6,8,10H,7,9,11-13H2,1-2H3,(H,21,22). The lowest BCUT2D eigenvalue weighted by atomic mass is 10.1. The zero-order chi connectivity index (χ0) is 18.5. The van der Waals surface area contributed by atoms with E-state index in [0.717, 1.165) is 23.6 Å². The number of hydrogen-bond acceptors (Lipinski definition) is 3. The summed E-state index contributed by atoms with van der Waals surface area (Å²) in [4.78, 5) is 22.1. The largest absolute Gasteiger partial charge is 0.347 e. The van der Waals surface area contributed by atoms with Crippen molar-refractivity contribution < 1.29 is 4.79 Å². The van der Waals surface area contributed by atoms with Crippen molar-refractivity contribution in [1.29, 1.82) is 0 Å². The second-order valence-corrected chi connectivity index (χ2v) is 7.75. The van der Waals surface area contributed by atoms with E-state index in [9.17, 15) is 4.79 Å². The van der Waals surface area contributed by atoms with Crippen molar-refractivity contribution in [3.63, 3.8) is 0 Å². The molecular weight excluding hydrogens is 368 g/mol. The van der Waals surface area contributed by atoms with Crippen LogP contribution in [0.4, 0.5) is 0 Å². The van der Waals surface area contributed by atoms with Gasteiger partial charge in [-0.2, -0.15) is 0 Å². The van der Waals surface area contributed by atoms with Crippen LogP contribution in [0.25, 0.3) is 0 Å². The fraction of sp³-hybridized carbons (Fsp3) is 0.368. The van der Waals surface area contributed by atoms with Crippen molar-refractivity contribution in [3.05, 3.63) is 56.7 Å². The van der Waals surface area contributed by atoms with E-state index in [1.807, 2.05) is 41.1 Å². The maximum atomic E-state index is 12.5. The number of nitrogens with one attached hydrogen (secondary N) is 1. The highest BCUT2D eigenvalue weighted by molar-refractivity contribution is 7.10. The van der Waals surface area contributed by atoms with Gasteiger partial charge in [-0.1, -0.05) is 23.7 Å². The molecule has 0 saturated heterocycles. The first kappa shape index (κ1) is 18.7. The molecule has 0 aliphatic carbocycles. The zero-order valence-corrected chi connectivity index (χ0v) is 16.6. The Bertz CT molecular complexity index is 787. The van der Waals surface area contributed by atoms with Crippen LogP contribution < -0.4 is 5.32 Å². The summed E-state index contributed by atoms with van der Waals surface area (Å²) in [6, 6.07) is 9.84. The fourth-order valence-corrected chi connectivity index (χ4v) is 4.07. The minimum absolute atomic E-state index is 0.0999. The van der Waals surface area contributed by atoms with Crippen molar-refractivity contribution in [2.45, 2.75) is 19.5 Å². The number of amides is 1. The van der Waals surface area contributed by atoms with Gasteiger partial charge in [0.15, 0.2) is 5.96 Å². The average Bonchev–Trinajstić information content (AvgIpc) is 3.11. The summed E-state index contributed by atoms with van der Waals surface area (Å²) in [6.45, 7) is 2.43. The van der Waals surface area contributed by atoms with Gasteiger partial charge in [0.05, 0.1) is 6.54 Å². The third-order valence-corrected chi connectivity index (χ3v) is 5.74. The molecule has 1 amide bonds. The molecule has 0 radical (unpaired) electrons. The third kappa shape index (κ3) is 4.56. The SMILES string of the molecule is CN=C(NCC(=O)N1CCc2sccc2C1)N(C)Cc1ccc(Cl)cc1. The topological polar surface area (TPSA) is 47.9 Å².